The lowest BCUT2D eigenvalue weighted by molar-refractivity contribution is 0.576. The summed E-state index contributed by atoms with van der Waals surface area (Å²) in [7, 11) is -2.94. The average molecular weight is 268 g/mol. The van der Waals surface area contributed by atoms with Gasteiger partial charge in [-0.05, 0) is 0 Å². The molecule has 1 N–H and O–H groups in total. The van der Waals surface area contributed by atoms with E-state index in [-0.39, 0.29) is 11.5 Å². The van der Waals surface area contributed by atoms with Gasteiger partial charge in [0.25, 0.3) is 0 Å². The minimum Gasteiger partial charge on any atom is -0.338 e. The van der Waals surface area contributed by atoms with E-state index in [2.05, 4.69) is 20.2 Å². The average Bonchev–Trinajstić information content (AvgIpc) is 2.38. The molecule has 0 aromatic carbocycles. The van der Waals surface area contributed by atoms with Gasteiger partial charge in [0.2, 0.25) is 5.95 Å². The zero-order valence-corrected chi connectivity index (χ0v) is 10.9. The van der Waals surface area contributed by atoms with Gasteiger partial charge in [0.05, 0.1) is 17.2 Å². The van der Waals surface area contributed by atoms with Gasteiger partial charge in [0.1, 0.15) is 0 Å². The van der Waals surface area contributed by atoms with E-state index in [0.29, 0.717) is 6.42 Å². The number of nitrogens with one attached hydrogen (secondary N) is 1. The molecule has 18 heavy (non-hydrogen) atoms. The second kappa shape index (κ2) is 4.47. The van der Waals surface area contributed by atoms with Gasteiger partial charge in [-0.2, -0.15) is 0 Å². The summed E-state index contributed by atoms with van der Waals surface area (Å²) in [6.07, 6.45) is 2.19. The quantitative estimate of drug-likeness (QED) is 0.730. The maximum absolute atomic E-state index is 11.5. The Hall–Kier alpha value is -1.21. The van der Waals surface area contributed by atoms with Crippen molar-refractivity contribution < 1.29 is 8.42 Å². The minimum absolute atomic E-state index is 0.0875. The molecule has 0 amide bonds. The number of hydrogen-bond acceptors (Lipinski definition) is 6. The van der Waals surface area contributed by atoms with Crippen LogP contribution in [0.25, 0.3) is 0 Å². The van der Waals surface area contributed by atoms with Gasteiger partial charge in [-0.15, -0.1) is 0 Å². The highest BCUT2D eigenvalue weighted by Gasteiger charge is 2.24. The Labute approximate surface area is 106 Å². The van der Waals surface area contributed by atoms with Crippen molar-refractivity contribution in [3.63, 3.8) is 0 Å². The number of piperazine rings is 1. The van der Waals surface area contributed by atoms with Crippen molar-refractivity contribution >= 4 is 15.8 Å². The van der Waals surface area contributed by atoms with Crippen molar-refractivity contribution in [3.05, 3.63) is 17.5 Å². The first-order valence-corrected chi connectivity index (χ1v) is 7.97. The van der Waals surface area contributed by atoms with E-state index in [0.717, 1.165) is 43.4 Å². The molecule has 7 heteroatoms. The van der Waals surface area contributed by atoms with Crippen molar-refractivity contribution in [1.82, 2.24) is 15.3 Å². The van der Waals surface area contributed by atoms with Crippen LogP contribution in [0.1, 0.15) is 11.3 Å². The van der Waals surface area contributed by atoms with Crippen LogP contribution in [0.2, 0.25) is 0 Å². The van der Waals surface area contributed by atoms with Gasteiger partial charge in [0, 0.05) is 44.4 Å². The predicted molar refractivity (Wildman–Crippen MR) is 68.3 cm³/mol. The molecule has 98 valence electrons. The summed E-state index contributed by atoms with van der Waals surface area (Å²) in [4.78, 5) is 11.0. The molecule has 0 unspecified atom stereocenters. The monoisotopic (exact) mass is 268 g/mol. The second-order valence-electron chi connectivity index (χ2n) is 4.72. The Morgan fingerprint density at radius 2 is 2.06 bits per heavy atom. The van der Waals surface area contributed by atoms with Crippen molar-refractivity contribution in [2.45, 2.75) is 12.2 Å². The molecule has 1 aromatic rings. The topological polar surface area (TPSA) is 75.2 Å². The fourth-order valence-corrected chi connectivity index (χ4v) is 3.71. The molecule has 0 saturated carbocycles. The molecule has 2 aliphatic rings. The lowest BCUT2D eigenvalue weighted by Gasteiger charge is -2.28. The molecule has 3 heterocycles. The molecule has 0 atom stereocenters. The Kier molecular flexibility index (Phi) is 2.95. The third-order valence-corrected chi connectivity index (χ3v) is 4.94. The Bertz CT molecular complexity index is 552. The Morgan fingerprint density at radius 1 is 1.28 bits per heavy atom. The van der Waals surface area contributed by atoms with Crippen LogP contribution in [-0.2, 0) is 22.0 Å². The highest BCUT2D eigenvalue weighted by molar-refractivity contribution is 7.90. The third kappa shape index (κ3) is 2.32. The van der Waals surface area contributed by atoms with Crippen LogP contribution in [0, 0.1) is 0 Å². The summed E-state index contributed by atoms with van der Waals surface area (Å²) >= 11 is 0. The van der Waals surface area contributed by atoms with E-state index in [4.69, 9.17) is 0 Å². The van der Waals surface area contributed by atoms with Gasteiger partial charge in [-0.3, -0.25) is 0 Å². The lowest BCUT2D eigenvalue weighted by Crippen LogP contribution is -2.44. The SMILES string of the molecule is O=S1(=O)CCc2nc(N3CCNCC3)ncc2C1. The van der Waals surface area contributed by atoms with Gasteiger partial charge >= 0.3 is 0 Å². The first-order valence-electron chi connectivity index (χ1n) is 6.15. The number of rotatable bonds is 1. The van der Waals surface area contributed by atoms with Crippen LogP contribution in [0.3, 0.4) is 0 Å². The maximum atomic E-state index is 11.5. The minimum atomic E-state index is -2.94. The fraction of sp³-hybridized carbons (Fsp3) is 0.636. The Morgan fingerprint density at radius 3 is 2.83 bits per heavy atom. The first-order chi connectivity index (χ1) is 8.64. The lowest BCUT2D eigenvalue weighted by atomic mass is 10.2. The number of anilines is 1. The van der Waals surface area contributed by atoms with E-state index >= 15 is 0 Å². The predicted octanol–water partition coefficient (Wildman–Crippen LogP) is -0.643. The summed E-state index contributed by atoms with van der Waals surface area (Å²) in [6.45, 7) is 3.68. The maximum Gasteiger partial charge on any atom is 0.225 e. The highest BCUT2D eigenvalue weighted by atomic mass is 32.2. The van der Waals surface area contributed by atoms with Crippen molar-refractivity contribution in [1.29, 1.82) is 0 Å². The zero-order chi connectivity index (χ0) is 12.6. The van der Waals surface area contributed by atoms with Crippen molar-refractivity contribution in [2.75, 3.05) is 36.8 Å². The second-order valence-corrected chi connectivity index (χ2v) is 6.91. The van der Waals surface area contributed by atoms with Gasteiger partial charge in [-0.1, -0.05) is 0 Å². The van der Waals surface area contributed by atoms with Crippen LogP contribution < -0.4 is 10.2 Å². The summed E-state index contributed by atoms with van der Waals surface area (Å²) in [5.74, 6) is 1.02. The summed E-state index contributed by atoms with van der Waals surface area (Å²) < 4.78 is 23.1. The smallest absolute Gasteiger partial charge is 0.225 e. The number of hydrogen-bond donors (Lipinski definition) is 1. The highest BCUT2D eigenvalue weighted by Crippen LogP contribution is 2.20. The summed E-state index contributed by atoms with van der Waals surface area (Å²) in [5.41, 5.74) is 1.66. The molecule has 1 fully saturated rings. The van der Waals surface area contributed by atoms with Gasteiger partial charge in [-0.25, -0.2) is 18.4 Å². The summed E-state index contributed by atoms with van der Waals surface area (Å²) in [6, 6.07) is 0. The van der Waals surface area contributed by atoms with E-state index in [1.165, 1.54) is 0 Å². The largest absolute Gasteiger partial charge is 0.338 e. The van der Waals surface area contributed by atoms with Gasteiger partial charge in [0.15, 0.2) is 9.84 Å². The molecule has 3 rings (SSSR count). The molecule has 0 bridgehead atoms. The van der Waals surface area contributed by atoms with Crippen LogP contribution in [-0.4, -0.2) is 50.3 Å². The van der Waals surface area contributed by atoms with E-state index in [1.54, 1.807) is 6.20 Å². The summed E-state index contributed by atoms with van der Waals surface area (Å²) in [5, 5.41) is 3.28. The normalized spacial score (nSPS) is 22.6. The first kappa shape index (κ1) is 11.9. The number of aromatic nitrogens is 2. The molecular formula is C11H16N4O2S. The fourth-order valence-electron chi connectivity index (χ4n) is 2.35. The van der Waals surface area contributed by atoms with Gasteiger partial charge < -0.3 is 10.2 Å². The number of aryl methyl sites for hydroxylation is 1. The van der Waals surface area contributed by atoms with Crippen molar-refractivity contribution in [2.24, 2.45) is 0 Å². The van der Waals surface area contributed by atoms with Crippen LogP contribution >= 0.6 is 0 Å². The van der Waals surface area contributed by atoms with Crippen LogP contribution in [0.15, 0.2) is 6.20 Å². The third-order valence-electron chi connectivity index (χ3n) is 3.37. The molecule has 0 aliphatic carbocycles. The standard InChI is InChI=1S/C11H16N4O2S/c16-18(17)6-1-10-9(8-18)7-13-11(14-10)15-4-2-12-3-5-15/h7,12H,1-6,8H2. The molecular weight excluding hydrogens is 252 g/mol. The van der Waals surface area contributed by atoms with E-state index in [1.807, 2.05) is 0 Å². The molecule has 6 nitrogen and oxygen atoms in total. The number of nitrogens with zero attached hydrogens (tertiary/aromatic N) is 3. The molecule has 1 aromatic heterocycles. The number of fused-ring (bicyclic) bond motifs is 1. The molecule has 0 spiro atoms. The van der Waals surface area contributed by atoms with Crippen LogP contribution in [0.5, 0.6) is 0 Å². The zero-order valence-electron chi connectivity index (χ0n) is 10.1. The number of sulfone groups is 1. The molecule has 0 radical (unpaired) electrons. The Balaban J connectivity index is 1.87. The molecule has 2 aliphatic heterocycles. The van der Waals surface area contributed by atoms with E-state index in [9.17, 15) is 8.42 Å². The van der Waals surface area contributed by atoms with Crippen molar-refractivity contribution in [3.8, 4) is 0 Å². The van der Waals surface area contributed by atoms with Crippen LogP contribution in [0.4, 0.5) is 5.95 Å². The van der Waals surface area contributed by atoms with E-state index < -0.39 is 9.84 Å². The molecule has 1 saturated heterocycles.